The number of hydrogen-bond donors (Lipinski definition) is 1. The molecule has 3 heterocycles. The van der Waals surface area contributed by atoms with Crippen molar-refractivity contribution in [1.29, 1.82) is 0 Å². The minimum Gasteiger partial charge on any atom is -0.340 e. The lowest BCUT2D eigenvalue weighted by Crippen LogP contribution is -2.38. The Morgan fingerprint density at radius 1 is 1.44 bits per heavy atom. The Morgan fingerprint density at radius 2 is 2.24 bits per heavy atom. The maximum absolute atomic E-state index is 12.4. The van der Waals surface area contributed by atoms with Crippen molar-refractivity contribution in [1.82, 2.24) is 24.2 Å². The van der Waals surface area contributed by atoms with Gasteiger partial charge in [0.2, 0.25) is 15.9 Å². The maximum Gasteiger partial charge on any atom is 0.224 e. The van der Waals surface area contributed by atoms with E-state index in [2.05, 4.69) is 15.0 Å². The molecule has 0 saturated carbocycles. The second-order valence-electron chi connectivity index (χ2n) is 6.15. The van der Waals surface area contributed by atoms with E-state index in [0.717, 1.165) is 29.0 Å². The molecule has 0 aromatic carbocycles. The molecule has 1 amide bonds. The lowest BCUT2D eigenvalue weighted by molar-refractivity contribution is -0.132. The van der Waals surface area contributed by atoms with Crippen LogP contribution in [0.25, 0.3) is 11.4 Å². The first-order chi connectivity index (χ1) is 11.8. The van der Waals surface area contributed by atoms with Gasteiger partial charge in [0.25, 0.3) is 0 Å². The molecular formula is C16H21N5O3S. The van der Waals surface area contributed by atoms with Gasteiger partial charge in [-0.05, 0) is 12.1 Å². The van der Waals surface area contributed by atoms with Gasteiger partial charge < -0.3 is 9.88 Å². The van der Waals surface area contributed by atoms with Gasteiger partial charge >= 0.3 is 0 Å². The minimum absolute atomic E-state index is 0.0568. The summed E-state index contributed by atoms with van der Waals surface area (Å²) in [6.07, 6.45) is 5.44. The van der Waals surface area contributed by atoms with Crippen molar-refractivity contribution in [2.24, 2.45) is 0 Å². The number of nitrogens with zero attached hydrogens (tertiary/aromatic N) is 4. The predicted molar refractivity (Wildman–Crippen MR) is 93.0 cm³/mol. The quantitative estimate of drug-likeness (QED) is 0.840. The standard InChI is InChI=1S/C16H21N5O3S/c1-20(25(2,23)24)8-6-15(22)21-9-5-13-14(11-21)19-16(18-13)12-4-3-7-17-10-12/h3-4,7,10H,5-6,8-9,11H2,1-2H3,(H,18,19). The molecule has 134 valence electrons. The van der Waals surface area contributed by atoms with Gasteiger partial charge in [-0.1, -0.05) is 0 Å². The van der Waals surface area contributed by atoms with Crippen LogP contribution in [0.15, 0.2) is 24.5 Å². The molecule has 0 unspecified atom stereocenters. The third-order valence-corrected chi connectivity index (χ3v) is 5.64. The Bertz CT molecular complexity index is 863. The fraction of sp³-hybridized carbons (Fsp3) is 0.438. The second kappa shape index (κ2) is 6.93. The summed E-state index contributed by atoms with van der Waals surface area (Å²) in [6.45, 7) is 1.24. The molecule has 0 fully saturated rings. The van der Waals surface area contributed by atoms with E-state index in [9.17, 15) is 13.2 Å². The third-order valence-electron chi connectivity index (χ3n) is 4.33. The molecule has 1 N–H and O–H groups in total. The van der Waals surface area contributed by atoms with Crippen LogP contribution < -0.4 is 0 Å². The van der Waals surface area contributed by atoms with E-state index < -0.39 is 10.0 Å². The van der Waals surface area contributed by atoms with Crippen molar-refractivity contribution < 1.29 is 13.2 Å². The molecule has 25 heavy (non-hydrogen) atoms. The highest BCUT2D eigenvalue weighted by atomic mass is 32.2. The number of aromatic amines is 1. The molecule has 2 aromatic heterocycles. The van der Waals surface area contributed by atoms with E-state index in [4.69, 9.17) is 0 Å². The lowest BCUT2D eigenvalue weighted by atomic mass is 10.1. The molecular weight excluding hydrogens is 342 g/mol. The van der Waals surface area contributed by atoms with Gasteiger partial charge in [0.1, 0.15) is 5.82 Å². The maximum atomic E-state index is 12.4. The summed E-state index contributed by atoms with van der Waals surface area (Å²) in [6, 6.07) is 3.78. The van der Waals surface area contributed by atoms with Crippen molar-refractivity contribution in [2.45, 2.75) is 19.4 Å². The average Bonchev–Trinajstić information content (AvgIpc) is 3.02. The summed E-state index contributed by atoms with van der Waals surface area (Å²) >= 11 is 0. The largest absolute Gasteiger partial charge is 0.340 e. The Labute approximate surface area is 146 Å². The van der Waals surface area contributed by atoms with Crippen LogP contribution in [0.1, 0.15) is 17.8 Å². The number of carbonyl (C=O) groups excluding carboxylic acids is 1. The van der Waals surface area contributed by atoms with Crippen molar-refractivity contribution in [3.63, 3.8) is 0 Å². The number of pyridine rings is 1. The average molecular weight is 363 g/mol. The molecule has 3 rings (SSSR count). The van der Waals surface area contributed by atoms with E-state index in [1.54, 1.807) is 17.3 Å². The van der Waals surface area contributed by atoms with Crippen molar-refractivity contribution in [2.75, 3.05) is 26.4 Å². The third kappa shape index (κ3) is 4.05. The van der Waals surface area contributed by atoms with Crippen molar-refractivity contribution >= 4 is 15.9 Å². The van der Waals surface area contributed by atoms with Crippen molar-refractivity contribution in [3.05, 3.63) is 35.9 Å². The van der Waals surface area contributed by atoms with E-state index in [0.29, 0.717) is 19.5 Å². The molecule has 1 aliphatic rings. The number of imidazole rings is 1. The van der Waals surface area contributed by atoms with E-state index in [1.807, 2.05) is 12.1 Å². The zero-order valence-electron chi connectivity index (χ0n) is 14.3. The number of fused-ring (bicyclic) bond motifs is 1. The van der Waals surface area contributed by atoms with Gasteiger partial charge in [0.05, 0.1) is 24.2 Å². The van der Waals surface area contributed by atoms with Crippen LogP contribution >= 0.6 is 0 Å². The van der Waals surface area contributed by atoms with E-state index in [1.165, 1.54) is 11.4 Å². The number of H-pyrrole nitrogens is 1. The topological polar surface area (TPSA) is 99.3 Å². The fourth-order valence-electron chi connectivity index (χ4n) is 2.72. The molecule has 9 heteroatoms. The first kappa shape index (κ1) is 17.6. The first-order valence-corrected chi connectivity index (χ1v) is 9.86. The Balaban J connectivity index is 1.65. The summed E-state index contributed by atoms with van der Waals surface area (Å²) in [5.74, 6) is 0.697. The number of sulfonamides is 1. The van der Waals surface area contributed by atoms with Crippen LogP contribution in [-0.4, -0.2) is 64.9 Å². The SMILES string of the molecule is CN(CCC(=O)N1CCc2nc(-c3cccnc3)[nH]c2C1)S(C)(=O)=O. The summed E-state index contributed by atoms with van der Waals surface area (Å²) in [5.41, 5.74) is 2.80. The molecule has 8 nitrogen and oxygen atoms in total. The fourth-order valence-corrected chi connectivity index (χ4v) is 3.15. The highest BCUT2D eigenvalue weighted by molar-refractivity contribution is 7.88. The lowest BCUT2D eigenvalue weighted by Gasteiger charge is -2.27. The molecule has 0 spiro atoms. The van der Waals surface area contributed by atoms with Gasteiger partial charge in [-0.2, -0.15) is 0 Å². The number of carbonyl (C=O) groups is 1. The molecule has 1 aliphatic heterocycles. The van der Waals surface area contributed by atoms with Crippen LogP contribution in [0.3, 0.4) is 0 Å². The highest BCUT2D eigenvalue weighted by Crippen LogP contribution is 2.22. The normalized spacial score (nSPS) is 14.6. The Morgan fingerprint density at radius 3 is 2.92 bits per heavy atom. The molecule has 0 atom stereocenters. The molecule has 0 bridgehead atoms. The van der Waals surface area contributed by atoms with Crippen LogP contribution in [0.4, 0.5) is 0 Å². The number of aromatic nitrogens is 3. The molecule has 0 aliphatic carbocycles. The number of hydrogen-bond acceptors (Lipinski definition) is 5. The molecule has 0 saturated heterocycles. The number of rotatable bonds is 5. The second-order valence-corrected chi connectivity index (χ2v) is 8.24. The van der Waals surface area contributed by atoms with Gasteiger partial charge in [-0.15, -0.1) is 0 Å². The van der Waals surface area contributed by atoms with Crippen LogP contribution in [0.2, 0.25) is 0 Å². The summed E-state index contributed by atoms with van der Waals surface area (Å²) < 4.78 is 24.0. The smallest absolute Gasteiger partial charge is 0.224 e. The van der Waals surface area contributed by atoms with Gasteiger partial charge in [0, 0.05) is 50.9 Å². The molecule has 2 aromatic rings. The zero-order chi connectivity index (χ0) is 18.0. The highest BCUT2D eigenvalue weighted by Gasteiger charge is 2.24. The Hall–Kier alpha value is -2.26. The number of nitrogens with one attached hydrogen (secondary N) is 1. The van der Waals surface area contributed by atoms with E-state index in [-0.39, 0.29) is 18.9 Å². The summed E-state index contributed by atoms with van der Waals surface area (Å²) in [7, 11) is -1.79. The monoisotopic (exact) mass is 363 g/mol. The zero-order valence-corrected chi connectivity index (χ0v) is 15.1. The summed E-state index contributed by atoms with van der Waals surface area (Å²) in [4.78, 5) is 26.1. The van der Waals surface area contributed by atoms with Gasteiger partial charge in [-0.25, -0.2) is 17.7 Å². The Kier molecular flexibility index (Phi) is 4.87. The van der Waals surface area contributed by atoms with Gasteiger partial charge in [0.15, 0.2) is 0 Å². The van der Waals surface area contributed by atoms with E-state index >= 15 is 0 Å². The van der Waals surface area contributed by atoms with Crippen molar-refractivity contribution in [3.8, 4) is 11.4 Å². The predicted octanol–water partition coefficient (Wildman–Crippen LogP) is 0.638. The molecule has 0 radical (unpaired) electrons. The van der Waals surface area contributed by atoms with Crippen LogP contribution in [0, 0.1) is 0 Å². The number of amides is 1. The van der Waals surface area contributed by atoms with Crippen LogP contribution in [-0.2, 0) is 27.8 Å². The summed E-state index contributed by atoms with van der Waals surface area (Å²) in [5, 5.41) is 0. The first-order valence-electron chi connectivity index (χ1n) is 8.02. The van der Waals surface area contributed by atoms with Gasteiger partial charge in [-0.3, -0.25) is 9.78 Å². The van der Waals surface area contributed by atoms with Crippen LogP contribution in [0.5, 0.6) is 0 Å². The minimum atomic E-state index is -3.26.